The van der Waals surface area contributed by atoms with Gasteiger partial charge in [0.05, 0.1) is 6.20 Å². The quantitative estimate of drug-likeness (QED) is 0.831. The summed E-state index contributed by atoms with van der Waals surface area (Å²) in [5.41, 5.74) is 0.945. The van der Waals surface area contributed by atoms with Gasteiger partial charge in [0.1, 0.15) is 5.82 Å². The summed E-state index contributed by atoms with van der Waals surface area (Å²) in [4.78, 5) is 4.15. The SMILES string of the molecule is CCNC(C(C)C)C(C)c1ccc(F)cn1. The number of likely N-dealkylation sites (N-methyl/N-ethyl adjacent to an activating group) is 1. The first kappa shape index (κ1) is 13.1. The lowest BCUT2D eigenvalue weighted by atomic mass is 9.89. The van der Waals surface area contributed by atoms with Crippen LogP contribution in [0.1, 0.15) is 39.3 Å². The maximum Gasteiger partial charge on any atom is 0.141 e. The fourth-order valence-corrected chi connectivity index (χ4v) is 2.07. The van der Waals surface area contributed by atoms with Crippen LogP contribution in [0.25, 0.3) is 0 Å². The Balaban J connectivity index is 2.81. The molecule has 1 aromatic rings. The van der Waals surface area contributed by atoms with Gasteiger partial charge in [-0.05, 0) is 24.6 Å². The van der Waals surface area contributed by atoms with Gasteiger partial charge < -0.3 is 5.32 Å². The Morgan fingerprint density at radius 3 is 2.44 bits per heavy atom. The number of nitrogens with one attached hydrogen (secondary N) is 1. The van der Waals surface area contributed by atoms with Crippen LogP contribution >= 0.6 is 0 Å². The minimum absolute atomic E-state index is 0.277. The number of aromatic nitrogens is 1. The average Bonchev–Trinajstić information content (AvgIpc) is 2.25. The molecule has 1 heterocycles. The Morgan fingerprint density at radius 1 is 1.31 bits per heavy atom. The average molecular weight is 224 g/mol. The maximum absolute atomic E-state index is 12.8. The predicted octanol–water partition coefficient (Wildman–Crippen LogP) is 2.96. The number of halogens is 1. The van der Waals surface area contributed by atoms with E-state index in [-0.39, 0.29) is 5.82 Å². The molecule has 0 spiro atoms. The lowest BCUT2D eigenvalue weighted by Gasteiger charge is -2.27. The molecule has 16 heavy (non-hydrogen) atoms. The van der Waals surface area contributed by atoms with Gasteiger partial charge in [-0.3, -0.25) is 4.98 Å². The van der Waals surface area contributed by atoms with Crippen molar-refractivity contribution < 1.29 is 4.39 Å². The normalized spacial score (nSPS) is 15.1. The van der Waals surface area contributed by atoms with E-state index in [1.54, 1.807) is 6.07 Å². The molecule has 2 nitrogen and oxygen atoms in total. The fraction of sp³-hybridized carbons (Fsp3) is 0.615. The molecule has 0 fully saturated rings. The van der Waals surface area contributed by atoms with Gasteiger partial charge in [-0.25, -0.2) is 4.39 Å². The summed E-state index contributed by atoms with van der Waals surface area (Å²) in [6, 6.07) is 3.62. The summed E-state index contributed by atoms with van der Waals surface area (Å²) in [7, 11) is 0. The first-order valence-corrected chi connectivity index (χ1v) is 5.91. The van der Waals surface area contributed by atoms with Gasteiger partial charge in [-0.2, -0.15) is 0 Å². The van der Waals surface area contributed by atoms with Crippen molar-refractivity contribution in [3.05, 3.63) is 29.8 Å². The van der Waals surface area contributed by atoms with Gasteiger partial charge >= 0.3 is 0 Å². The Kier molecular flexibility index (Phi) is 4.87. The van der Waals surface area contributed by atoms with E-state index in [1.807, 2.05) is 0 Å². The largest absolute Gasteiger partial charge is 0.313 e. The monoisotopic (exact) mass is 224 g/mol. The number of rotatable bonds is 5. The molecular weight excluding hydrogens is 203 g/mol. The van der Waals surface area contributed by atoms with E-state index in [9.17, 15) is 4.39 Å². The van der Waals surface area contributed by atoms with Gasteiger partial charge in [0.15, 0.2) is 0 Å². The van der Waals surface area contributed by atoms with Crippen molar-refractivity contribution in [1.29, 1.82) is 0 Å². The van der Waals surface area contributed by atoms with E-state index in [1.165, 1.54) is 12.3 Å². The molecule has 0 bridgehead atoms. The second kappa shape index (κ2) is 5.94. The van der Waals surface area contributed by atoms with Crippen LogP contribution in [0.2, 0.25) is 0 Å². The van der Waals surface area contributed by atoms with Crippen LogP contribution in [-0.4, -0.2) is 17.6 Å². The minimum atomic E-state index is -0.277. The first-order valence-electron chi connectivity index (χ1n) is 5.91. The highest BCUT2D eigenvalue weighted by Crippen LogP contribution is 2.22. The van der Waals surface area contributed by atoms with Gasteiger partial charge in [0.2, 0.25) is 0 Å². The topological polar surface area (TPSA) is 24.9 Å². The van der Waals surface area contributed by atoms with Crippen molar-refractivity contribution in [3.63, 3.8) is 0 Å². The number of hydrogen-bond donors (Lipinski definition) is 1. The molecule has 0 radical (unpaired) electrons. The highest BCUT2D eigenvalue weighted by atomic mass is 19.1. The van der Waals surface area contributed by atoms with E-state index in [0.29, 0.717) is 17.9 Å². The molecular formula is C13H21FN2. The van der Waals surface area contributed by atoms with Crippen molar-refractivity contribution >= 4 is 0 Å². The molecule has 0 aliphatic carbocycles. The van der Waals surface area contributed by atoms with Crippen LogP contribution in [0.5, 0.6) is 0 Å². The standard InChI is InChI=1S/C13H21FN2/c1-5-15-13(9(2)3)10(4)12-7-6-11(14)8-16-12/h6-10,13,15H,5H2,1-4H3. The second-order valence-corrected chi connectivity index (χ2v) is 4.52. The fourth-order valence-electron chi connectivity index (χ4n) is 2.07. The molecule has 1 N–H and O–H groups in total. The molecule has 90 valence electrons. The summed E-state index contributed by atoms with van der Waals surface area (Å²) in [6.07, 6.45) is 1.29. The molecule has 0 aromatic carbocycles. The summed E-state index contributed by atoms with van der Waals surface area (Å²) in [5, 5.41) is 3.46. The van der Waals surface area contributed by atoms with Crippen molar-refractivity contribution in [2.75, 3.05) is 6.54 Å². The van der Waals surface area contributed by atoms with Crippen molar-refractivity contribution in [2.45, 2.75) is 39.7 Å². The van der Waals surface area contributed by atoms with E-state index in [4.69, 9.17) is 0 Å². The van der Waals surface area contributed by atoms with Gasteiger partial charge in [0.25, 0.3) is 0 Å². The molecule has 0 aliphatic rings. The maximum atomic E-state index is 12.8. The predicted molar refractivity (Wildman–Crippen MR) is 64.9 cm³/mol. The van der Waals surface area contributed by atoms with Crippen LogP contribution < -0.4 is 5.32 Å². The third kappa shape index (κ3) is 3.27. The lowest BCUT2D eigenvalue weighted by molar-refractivity contribution is 0.356. The van der Waals surface area contributed by atoms with Gasteiger partial charge in [-0.15, -0.1) is 0 Å². The number of pyridine rings is 1. The molecule has 0 amide bonds. The van der Waals surface area contributed by atoms with Crippen molar-refractivity contribution in [3.8, 4) is 0 Å². The van der Waals surface area contributed by atoms with E-state index in [2.05, 4.69) is 38.0 Å². The highest BCUT2D eigenvalue weighted by molar-refractivity contribution is 5.12. The first-order chi connectivity index (χ1) is 7.56. The van der Waals surface area contributed by atoms with Crippen LogP contribution in [-0.2, 0) is 0 Å². The molecule has 0 saturated carbocycles. The Bertz CT molecular complexity index is 308. The Hall–Kier alpha value is -0.960. The van der Waals surface area contributed by atoms with Crippen LogP contribution in [0.15, 0.2) is 18.3 Å². The molecule has 1 rings (SSSR count). The molecule has 0 aliphatic heterocycles. The zero-order chi connectivity index (χ0) is 12.1. The summed E-state index contributed by atoms with van der Waals surface area (Å²) in [5.74, 6) is 0.544. The smallest absolute Gasteiger partial charge is 0.141 e. The van der Waals surface area contributed by atoms with Crippen molar-refractivity contribution in [2.24, 2.45) is 5.92 Å². The zero-order valence-electron chi connectivity index (χ0n) is 10.5. The van der Waals surface area contributed by atoms with Gasteiger partial charge in [0, 0.05) is 17.7 Å². The van der Waals surface area contributed by atoms with Crippen LogP contribution in [0, 0.1) is 11.7 Å². The van der Waals surface area contributed by atoms with Crippen LogP contribution in [0.3, 0.4) is 0 Å². The lowest BCUT2D eigenvalue weighted by Crippen LogP contribution is -2.38. The van der Waals surface area contributed by atoms with Crippen LogP contribution in [0.4, 0.5) is 4.39 Å². The summed E-state index contributed by atoms with van der Waals surface area (Å²) < 4.78 is 12.8. The Morgan fingerprint density at radius 2 is 2.00 bits per heavy atom. The van der Waals surface area contributed by atoms with E-state index >= 15 is 0 Å². The minimum Gasteiger partial charge on any atom is -0.313 e. The number of hydrogen-bond acceptors (Lipinski definition) is 2. The third-order valence-electron chi connectivity index (χ3n) is 2.91. The zero-order valence-corrected chi connectivity index (χ0v) is 10.5. The van der Waals surface area contributed by atoms with Crippen molar-refractivity contribution in [1.82, 2.24) is 10.3 Å². The molecule has 0 saturated heterocycles. The van der Waals surface area contributed by atoms with E-state index < -0.39 is 0 Å². The molecule has 2 unspecified atom stereocenters. The highest BCUT2D eigenvalue weighted by Gasteiger charge is 2.22. The molecule has 1 aromatic heterocycles. The van der Waals surface area contributed by atoms with Gasteiger partial charge in [-0.1, -0.05) is 27.7 Å². The van der Waals surface area contributed by atoms with E-state index in [0.717, 1.165) is 12.2 Å². The Labute approximate surface area is 97.3 Å². The molecule has 3 heteroatoms. The summed E-state index contributed by atoms with van der Waals surface area (Å²) >= 11 is 0. The summed E-state index contributed by atoms with van der Waals surface area (Å²) in [6.45, 7) is 9.54. The second-order valence-electron chi connectivity index (χ2n) is 4.52. The molecule has 2 atom stereocenters. The number of nitrogens with zero attached hydrogens (tertiary/aromatic N) is 1. The third-order valence-corrected chi connectivity index (χ3v) is 2.91.